The van der Waals surface area contributed by atoms with Gasteiger partial charge in [0.2, 0.25) is 10.0 Å². The molecule has 2 aromatic rings. The van der Waals surface area contributed by atoms with E-state index in [4.69, 9.17) is 0 Å². The number of nitrogens with one attached hydrogen (secondary N) is 1. The lowest BCUT2D eigenvalue weighted by molar-refractivity contribution is 0.600. The summed E-state index contributed by atoms with van der Waals surface area (Å²) in [7, 11) is -2.00. The fourth-order valence-corrected chi connectivity index (χ4v) is 3.00. The molecule has 6 heteroatoms. The summed E-state index contributed by atoms with van der Waals surface area (Å²) in [5, 5.41) is 0. The van der Waals surface area contributed by atoms with Gasteiger partial charge in [0.05, 0.1) is 5.75 Å². The molecule has 0 bridgehead atoms. The predicted octanol–water partition coefficient (Wildman–Crippen LogP) is 1.64. The summed E-state index contributed by atoms with van der Waals surface area (Å²) in [6.45, 7) is 1.78. The SMILES string of the molecule is Cc1ccc(NS(=O)(=O)Cc2ccccc2)c(=O)n1C. The van der Waals surface area contributed by atoms with Crippen molar-refractivity contribution in [3.63, 3.8) is 0 Å². The van der Waals surface area contributed by atoms with E-state index in [2.05, 4.69) is 4.72 Å². The van der Waals surface area contributed by atoms with Gasteiger partial charge in [0.25, 0.3) is 5.56 Å². The Balaban J connectivity index is 2.26. The van der Waals surface area contributed by atoms with Crippen LogP contribution in [0.4, 0.5) is 5.69 Å². The first-order chi connectivity index (χ1) is 9.39. The third-order valence-corrected chi connectivity index (χ3v) is 4.26. The number of pyridine rings is 1. The molecule has 0 saturated carbocycles. The number of hydrogen-bond acceptors (Lipinski definition) is 3. The van der Waals surface area contributed by atoms with Crippen LogP contribution in [-0.2, 0) is 22.8 Å². The minimum absolute atomic E-state index is 0.0639. The van der Waals surface area contributed by atoms with Crippen LogP contribution in [0, 0.1) is 6.92 Å². The highest BCUT2D eigenvalue weighted by Gasteiger charge is 2.14. The van der Waals surface area contributed by atoms with Crippen LogP contribution in [0.1, 0.15) is 11.3 Å². The van der Waals surface area contributed by atoms with E-state index < -0.39 is 10.0 Å². The average Bonchev–Trinajstić information content (AvgIpc) is 2.40. The van der Waals surface area contributed by atoms with E-state index in [9.17, 15) is 13.2 Å². The van der Waals surface area contributed by atoms with Crippen LogP contribution in [0.3, 0.4) is 0 Å². The number of hydrogen-bond donors (Lipinski definition) is 1. The van der Waals surface area contributed by atoms with Crippen molar-refractivity contribution in [1.29, 1.82) is 0 Å². The van der Waals surface area contributed by atoms with E-state index in [-0.39, 0.29) is 17.0 Å². The molecule has 0 spiro atoms. The number of rotatable bonds is 4. The molecule has 0 amide bonds. The van der Waals surface area contributed by atoms with Crippen molar-refractivity contribution in [3.05, 3.63) is 64.1 Å². The van der Waals surface area contributed by atoms with Gasteiger partial charge in [0.15, 0.2) is 0 Å². The van der Waals surface area contributed by atoms with Gasteiger partial charge in [-0.1, -0.05) is 30.3 Å². The van der Waals surface area contributed by atoms with Gasteiger partial charge in [-0.05, 0) is 24.6 Å². The molecule has 1 aromatic carbocycles. The summed E-state index contributed by atoms with van der Waals surface area (Å²) >= 11 is 0. The first-order valence-electron chi connectivity index (χ1n) is 6.10. The van der Waals surface area contributed by atoms with E-state index in [1.165, 1.54) is 10.6 Å². The Bertz CT molecular complexity index is 765. The van der Waals surface area contributed by atoms with Gasteiger partial charge in [0.1, 0.15) is 5.69 Å². The number of aryl methyl sites for hydroxylation is 1. The Morgan fingerprint density at radius 2 is 1.75 bits per heavy atom. The molecule has 1 aromatic heterocycles. The average molecular weight is 292 g/mol. The van der Waals surface area contributed by atoms with E-state index in [0.29, 0.717) is 5.56 Å². The third kappa shape index (κ3) is 3.27. The molecule has 0 aliphatic heterocycles. The van der Waals surface area contributed by atoms with Crippen molar-refractivity contribution >= 4 is 15.7 Å². The highest BCUT2D eigenvalue weighted by atomic mass is 32.2. The number of sulfonamides is 1. The molecule has 20 heavy (non-hydrogen) atoms. The number of anilines is 1. The molecule has 0 aliphatic rings. The third-order valence-electron chi connectivity index (χ3n) is 3.02. The summed E-state index contributed by atoms with van der Waals surface area (Å²) in [5.41, 5.74) is 1.14. The van der Waals surface area contributed by atoms with Gasteiger partial charge in [-0.25, -0.2) is 8.42 Å². The highest BCUT2D eigenvalue weighted by molar-refractivity contribution is 7.91. The fourth-order valence-electron chi connectivity index (χ4n) is 1.80. The minimum Gasteiger partial charge on any atom is -0.314 e. The second-order valence-corrected chi connectivity index (χ2v) is 6.32. The van der Waals surface area contributed by atoms with Crippen LogP contribution in [0.15, 0.2) is 47.3 Å². The molecule has 0 fully saturated rings. The summed E-state index contributed by atoms with van der Waals surface area (Å²) in [6, 6.07) is 12.0. The fraction of sp³-hybridized carbons (Fsp3) is 0.214. The second kappa shape index (κ2) is 5.50. The van der Waals surface area contributed by atoms with Crippen molar-refractivity contribution in [2.24, 2.45) is 7.05 Å². The van der Waals surface area contributed by atoms with Crippen molar-refractivity contribution in [2.75, 3.05) is 4.72 Å². The van der Waals surface area contributed by atoms with Crippen molar-refractivity contribution < 1.29 is 8.42 Å². The normalized spacial score (nSPS) is 11.3. The lowest BCUT2D eigenvalue weighted by atomic mass is 10.2. The van der Waals surface area contributed by atoms with E-state index in [1.807, 2.05) is 6.07 Å². The van der Waals surface area contributed by atoms with Gasteiger partial charge in [0, 0.05) is 12.7 Å². The zero-order valence-electron chi connectivity index (χ0n) is 11.3. The van der Waals surface area contributed by atoms with Crippen LogP contribution >= 0.6 is 0 Å². The van der Waals surface area contributed by atoms with Crippen LogP contribution in [0.2, 0.25) is 0 Å². The first-order valence-corrected chi connectivity index (χ1v) is 7.75. The van der Waals surface area contributed by atoms with Crippen LogP contribution in [0.5, 0.6) is 0 Å². The lowest BCUT2D eigenvalue weighted by Crippen LogP contribution is -2.26. The van der Waals surface area contributed by atoms with Gasteiger partial charge in [-0.15, -0.1) is 0 Å². The number of nitrogens with zero attached hydrogens (tertiary/aromatic N) is 1. The van der Waals surface area contributed by atoms with Gasteiger partial charge >= 0.3 is 0 Å². The minimum atomic E-state index is -3.60. The maximum Gasteiger partial charge on any atom is 0.274 e. The number of aromatic nitrogens is 1. The van der Waals surface area contributed by atoms with Gasteiger partial charge in [-0.2, -0.15) is 0 Å². The Hall–Kier alpha value is -2.08. The Kier molecular flexibility index (Phi) is 3.94. The second-order valence-electron chi connectivity index (χ2n) is 4.60. The van der Waals surface area contributed by atoms with E-state index in [1.54, 1.807) is 44.3 Å². The summed E-state index contributed by atoms with van der Waals surface area (Å²) < 4.78 is 27.9. The largest absolute Gasteiger partial charge is 0.314 e. The quantitative estimate of drug-likeness (QED) is 0.931. The highest BCUT2D eigenvalue weighted by Crippen LogP contribution is 2.09. The molecule has 106 valence electrons. The predicted molar refractivity (Wildman–Crippen MR) is 79.1 cm³/mol. The molecule has 2 rings (SSSR count). The molecular weight excluding hydrogens is 276 g/mol. The molecular formula is C14H16N2O3S. The maximum atomic E-state index is 12.1. The van der Waals surface area contributed by atoms with Crippen molar-refractivity contribution in [2.45, 2.75) is 12.7 Å². The Morgan fingerprint density at radius 3 is 2.40 bits per heavy atom. The zero-order valence-corrected chi connectivity index (χ0v) is 12.1. The molecule has 0 radical (unpaired) electrons. The van der Waals surface area contributed by atoms with Crippen LogP contribution < -0.4 is 10.3 Å². The first kappa shape index (κ1) is 14.3. The molecule has 5 nitrogen and oxygen atoms in total. The smallest absolute Gasteiger partial charge is 0.274 e. The van der Waals surface area contributed by atoms with Crippen LogP contribution in [0.25, 0.3) is 0 Å². The standard InChI is InChI=1S/C14H16N2O3S/c1-11-8-9-13(14(17)16(11)2)15-20(18,19)10-12-6-4-3-5-7-12/h3-9,15H,10H2,1-2H3. The number of benzene rings is 1. The zero-order chi connectivity index (χ0) is 14.8. The summed E-state index contributed by atoms with van der Waals surface area (Å²) in [6.07, 6.45) is 0. The molecule has 0 unspecified atom stereocenters. The topological polar surface area (TPSA) is 68.2 Å². The van der Waals surface area contributed by atoms with Gasteiger partial charge in [-0.3, -0.25) is 9.52 Å². The Morgan fingerprint density at radius 1 is 1.10 bits per heavy atom. The Labute approximate surface area is 117 Å². The van der Waals surface area contributed by atoms with Gasteiger partial charge < -0.3 is 4.57 Å². The van der Waals surface area contributed by atoms with E-state index >= 15 is 0 Å². The molecule has 0 aliphatic carbocycles. The molecule has 1 heterocycles. The van der Waals surface area contributed by atoms with Crippen molar-refractivity contribution in [1.82, 2.24) is 4.57 Å². The van der Waals surface area contributed by atoms with Crippen molar-refractivity contribution in [3.8, 4) is 0 Å². The maximum absolute atomic E-state index is 12.1. The lowest BCUT2D eigenvalue weighted by Gasteiger charge is -2.10. The monoisotopic (exact) mass is 292 g/mol. The molecule has 0 saturated heterocycles. The summed E-state index contributed by atoms with van der Waals surface area (Å²) in [4.78, 5) is 12.0. The molecule has 1 N–H and O–H groups in total. The van der Waals surface area contributed by atoms with E-state index in [0.717, 1.165) is 5.69 Å². The van der Waals surface area contributed by atoms with Crippen LogP contribution in [-0.4, -0.2) is 13.0 Å². The summed E-state index contributed by atoms with van der Waals surface area (Å²) in [5.74, 6) is -0.162. The molecule has 0 atom stereocenters.